The summed E-state index contributed by atoms with van der Waals surface area (Å²) in [5.74, 6) is -1.04. The van der Waals surface area contributed by atoms with E-state index in [0.717, 1.165) is 4.90 Å². The van der Waals surface area contributed by atoms with Crippen molar-refractivity contribution in [1.82, 2.24) is 9.80 Å². The van der Waals surface area contributed by atoms with Gasteiger partial charge in [0.1, 0.15) is 18.0 Å². The van der Waals surface area contributed by atoms with E-state index in [2.05, 4.69) is 0 Å². The molecule has 8 nitrogen and oxygen atoms in total. The van der Waals surface area contributed by atoms with Crippen LogP contribution in [0, 0.1) is 5.82 Å². The van der Waals surface area contributed by atoms with E-state index < -0.39 is 30.3 Å². The number of hydrogen-bond donors (Lipinski definition) is 1. The number of benzene rings is 1. The van der Waals surface area contributed by atoms with Gasteiger partial charge in [0, 0.05) is 18.5 Å². The summed E-state index contributed by atoms with van der Waals surface area (Å²) < 4.78 is 24.0. The minimum Gasteiger partial charge on any atom is -0.465 e. The van der Waals surface area contributed by atoms with Gasteiger partial charge in [-0.25, -0.2) is 18.8 Å². The van der Waals surface area contributed by atoms with Gasteiger partial charge in [-0.05, 0) is 18.6 Å². The lowest BCUT2D eigenvalue weighted by molar-refractivity contribution is -0.147. The zero-order valence-corrected chi connectivity index (χ0v) is 14.2. The van der Waals surface area contributed by atoms with Crippen LogP contribution in [0.1, 0.15) is 24.5 Å². The van der Waals surface area contributed by atoms with E-state index in [1.807, 2.05) is 0 Å². The van der Waals surface area contributed by atoms with Gasteiger partial charge in [-0.3, -0.25) is 9.80 Å². The lowest BCUT2D eigenvalue weighted by atomic mass is 10.1. The Hall–Kier alpha value is -2.84. The van der Waals surface area contributed by atoms with Gasteiger partial charge < -0.3 is 14.6 Å². The molecular formula is C17H19FN2O6. The quantitative estimate of drug-likeness (QED) is 0.822. The summed E-state index contributed by atoms with van der Waals surface area (Å²) in [5.41, 5.74) is 1.16. The normalized spacial score (nSPS) is 21.5. The molecule has 0 radical (unpaired) electrons. The van der Waals surface area contributed by atoms with Crippen molar-refractivity contribution in [3.8, 4) is 0 Å². The van der Waals surface area contributed by atoms with Crippen LogP contribution >= 0.6 is 0 Å². The van der Waals surface area contributed by atoms with Crippen molar-refractivity contribution in [2.75, 3.05) is 13.2 Å². The summed E-state index contributed by atoms with van der Waals surface area (Å²) in [6, 6.07) is 3.65. The van der Waals surface area contributed by atoms with E-state index in [9.17, 15) is 23.9 Å². The third kappa shape index (κ3) is 3.42. The van der Waals surface area contributed by atoms with Gasteiger partial charge in [-0.2, -0.15) is 0 Å². The Morgan fingerprint density at radius 2 is 2.08 bits per heavy atom. The van der Waals surface area contributed by atoms with Gasteiger partial charge in [-0.15, -0.1) is 0 Å². The fraction of sp³-hybridized carbons (Fsp3) is 0.471. The molecular weight excluding hydrogens is 347 g/mol. The molecule has 0 spiro atoms. The summed E-state index contributed by atoms with van der Waals surface area (Å²) in [5, 5.41) is 9.24. The van der Waals surface area contributed by atoms with Gasteiger partial charge in [-0.1, -0.05) is 12.1 Å². The van der Waals surface area contributed by atoms with Crippen molar-refractivity contribution < 1.29 is 33.4 Å². The second-order valence-corrected chi connectivity index (χ2v) is 6.18. The van der Waals surface area contributed by atoms with Crippen LogP contribution in [0.4, 0.5) is 14.0 Å². The van der Waals surface area contributed by atoms with Crippen LogP contribution in [-0.4, -0.2) is 58.4 Å². The van der Waals surface area contributed by atoms with E-state index in [1.54, 1.807) is 19.1 Å². The number of fused-ring (bicyclic) bond motifs is 1. The van der Waals surface area contributed by atoms with Gasteiger partial charge >= 0.3 is 18.2 Å². The molecule has 2 amide bonds. The van der Waals surface area contributed by atoms with E-state index in [0.29, 0.717) is 11.1 Å². The number of hydrogen-bond acceptors (Lipinski definition) is 5. The SMILES string of the molecule is CCOC(=O)C1CC(OC(=O)N2Cc3cccc(F)c3C2)CN1C(=O)O. The van der Waals surface area contributed by atoms with Gasteiger partial charge in [0.15, 0.2) is 0 Å². The Balaban J connectivity index is 1.63. The maximum atomic E-state index is 13.8. The maximum absolute atomic E-state index is 13.8. The zero-order valence-electron chi connectivity index (χ0n) is 14.2. The molecule has 1 saturated heterocycles. The fourth-order valence-corrected chi connectivity index (χ4v) is 3.28. The molecule has 2 aliphatic heterocycles. The molecule has 0 aliphatic carbocycles. The monoisotopic (exact) mass is 366 g/mol. The Kier molecular flexibility index (Phi) is 4.97. The average molecular weight is 366 g/mol. The van der Waals surface area contributed by atoms with Crippen LogP contribution in [-0.2, 0) is 27.4 Å². The third-order valence-electron chi connectivity index (χ3n) is 4.52. The second-order valence-electron chi connectivity index (χ2n) is 6.18. The van der Waals surface area contributed by atoms with Crippen molar-refractivity contribution in [3.63, 3.8) is 0 Å². The molecule has 0 bridgehead atoms. The van der Waals surface area contributed by atoms with E-state index in [4.69, 9.17) is 9.47 Å². The topological polar surface area (TPSA) is 96.4 Å². The number of carboxylic acid groups (broad SMARTS) is 1. The van der Waals surface area contributed by atoms with E-state index in [-0.39, 0.29) is 38.5 Å². The number of carbonyl (C=O) groups excluding carboxylic acids is 2. The van der Waals surface area contributed by atoms with Crippen LogP contribution in [0.5, 0.6) is 0 Å². The highest BCUT2D eigenvalue weighted by atomic mass is 19.1. The summed E-state index contributed by atoms with van der Waals surface area (Å²) in [6.45, 7) is 1.96. The molecule has 9 heteroatoms. The van der Waals surface area contributed by atoms with Gasteiger partial charge in [0.05, 0.1) is 19.7 Å². The third-order valence-corrected chi connectivity index (χ3v) is 4.52. The number of esters is 1. The number of nitrogens with zero attached hydrogens (tertiary/aromatic N) is 2. The van der Waals surface area contributed by atoms with Crippen LogP contribution in [0.3, 0.4) is 0 Å². The predicted octanol–water partition coefficient (Wildman–Crippen LogP) is 1.96. The smallest absolute Gasteiger partial charge is 0.410 e. The molecule has 2 aliphatic rings. The highest BCUT2D eigenvalue weighted by Gasteiger charge is 2.43. The largest absolute Gasteiger partial charge is 0.465 e. The number of likely N-dealkylation sites (tertiary alicyclic amines) is 1. The molecule has 1 fully saturated rings. The Morgan fingerprint density at radius 1 is 1.31 bits per heavy atom. The molecule has 2 heterocycles. The maximum Gasteiger partial charge on any atom is 0.410 e. The molecule has 2 unspecified atom stereocenters. The molecule has 1 N–H and O–H groups in total. The number of carbonyl (C=O) groups is 3. The summed E-state index contributed by atoms with van der Waals surface area (Å²) in [6.07, 6.45) is -2.68. The first-order chi connectivity index (χ1) is 12.4. The van der Waals surface area contributed by atoms with Gasteiger partial charge in [0.2, 0.25) is 0 Å². The molecule has 26 heavy (non-hydrogen) atoms. The lowest BCUT2D eigenvalue weighted by Crippen LogP contribution is -2.40. The molecule has 0 saturated carbocycles. The standard InChI is InChI=1S/C17H19FN2O6/c1-2-25-15(21)14-6-11(8-20(14)16(22)23)26-17(24)19-7-10-4-3-5-13(18)12(10)9-19/h3-5,11,14H,2,6-9H2,1H3,(H,22,23). The highest BCUT2D eigenvalue weighted by molar-refractivity contribution is 5.82. The molecule has 3 rings (SSSR count). The Morgan fingerprint density at radius 3 is 2.73 bits per heavy atom. The summed E-state index contributed by atoms with van der Waals surface area (Å²) in [4.78, 5) is 37.8. The van der Waals surface area contributed by atoms with Crippen LogP contribution in [0.15, 0.2) is 18.2 Å². The average Bonchev–Trinajstić information content (AvgIpc) is 3.20. The predicted molar refractivity (Wildman–Crippen MR) is 85.7 cm³/mol. The van der Waals surface area contributed by atoms with Crippen molar-refractivity contribution in [3.05, 3.63) is 35.1 Å². The summed E-state index contributed by atoms with van der Waals surface area (Å²) >= 11 is 0. The fourth-order valence-electron chi connectivity index (χ4n) is 3.28. The molecule has 0 aromatic heterocycles. The van der Waals surface area contributed by atoms with Crippen molar-refractivity contribution in [2.24, 2.45) is 0 Å². The Bertz CT molecular complexity index is 740. The van der Waals surface area contributed by atoms with E-state index in [1.165, 1.54) is 11.0 Å². The molecule has 1 aromatic rings. The number of rotatable bonds is 3. The molecule has 140 valence electrons. The van der Waals surface area contributed by atoms with Crippen LogP contribution in [0.25, 0.3) is 0 Å². The van der Waals surface area contributed by atoms with Gasteiger partial charge in [0.25, 0.3) is 0 Å². The Labute approximate surface area is 149 Å². The summed E-state index contributed by atoms with van der Waals surface area (Å²) in [7, 11) is 0. The molecule has 2 atom stereocenters. The number of amides is 2. The first-order valence-corrected chi connectivity index (χ1v) is 8.28. The lowest BCUT2D eigenvalue weighted by Gasteiger charge is -2.19. The van der Waals surface area contributed by atoms with Crippen molar-refractivity contribution >= 4 is 18.2 Å². The van der Waals surface area contributed by atoms with Crippen LogP contribution < -0.4 is 0 Å². The molecule has 1 aromatic carbocycles. The second kappa shape index (κ2) is 7.19. The minimum atomic E-state index is -1.28. The first-order valence-electron chi connectivity index (χ1n) is 8.28. The number of ether oxygens (including phenoxy) is 2. The first kappa shape index (κ1) is 18.0. The van der Waals surface area contributed by atoms with Crippen molar-refractivity contribution in [1.29, 1.82) is 0 Å². The highest BCUT2D eigenvalue weighted by Crippen LogP contribution is 2.27. The van der Waals surface area contributed by atoms with Crippen molar-refractivity contribution in [2.45, 2.75) is 38.6 Å². The van der Waals surface area contributed by atoms with Crippen LogP contribution in [0.2, 0.25) is 0 Å². The van der Waals surface area contributed by atoms with E-state index >= 15 is 0 Å². The zero-order chi connectivity index (χ0) is 18.8. The minimum absolute atomic E-state index is 0.0338. The number of halogens is 1.